The summed E-state index contributed by atoms with van der Waals surface area (Å²) >= 11 is 0. The quantitative estimate of drug-likeness (QED) is 0.466. The molecule has 1 aliphatic carbocycles. The van der Waals surface area contributed by atoms with Crippen LogP contribution in [0.4, 0.5) is 0 Å². The molecule has 0 aliphatic heterocycles. The van der Waals surface area contributed by atoms with Gasteiger partial charge in [0.15, 0.2) is 0 Å². The lowest BCUT2D eigenvalue weighted by atomic mass is 9.57. The van der Waals surface area contributed by atoms with Gasteiger partial charge in [-0.3, -0.25) is 4.79 Å². The zero-order chi connectivity index (χ0) is 21.4. The average Bonchev–Trinajstić information content (AvgIpc) is 2.67. The number of rotatable bonds is 9. The van der Waals surface area contributed by atoms with Crippen molar-refractivity contribution in [3.63, 3.8) is 0 Å². The van der Waals surface area contributed by atoms with E-state index >= 15 is 0 Å². The van der Waals surface area contributed by atoms with E-state index in [-0.39, 0.29) is 17.8 Å². The summed E-state index contributed by atoms with van der Waals surface area (Å²) in [6.45, 7) is 10.5. The first-order valence-electron chi connectivity index (χ1n) is 10.8. The summed E-state index contributed by atoms with van der Waals surface area (Å²) in [7, 11) is 1.34. The third-order valence-corrected chi connectivity index (χ3v) is 6.46. The molecule has 0 bridgehead atoms. The summed E-state index contributed by atoms with van der Waals surface area (Å²) in [5.74, 6) is 1.42. The highest BCUT2D eigenvalue weighted by atomic mass is 16.5. The van der Waals surface area contributed by atoms with E-state index < -0.39 is 12.1 Å². The predicted molar refractivity (Wildman–Crippen MR) is 116 cm³/mol. The molecule has 1 aromatic rings. The van der Waals surface area contributed by atoms with Gasteiger partial charge in [0.05, 0.1) is 32.8 Å². The van der Waals surface area contributed by atoms with Gasteiger partial charge in [-0.2, -0.15) is 0 Å². The van der Waals surface area contributed by atoms with Gasteiger partial charge in [-0.05, 0) is 47.5 Å². The molecular weight excluding hydrogens is 364 g/mol. The maximum Gasteiger partial charge on any atom is 0.308 e. The SMILES string of the molecule is COC(=O)C[C@H](O)/C=C/[C@@H]1[C@@H](COCc2ccccc2)[C@H](C(C)C)CCC1(C)C. The number of benzene rings is 1. The van der Waals surface area contributed by atoms with E-state index in [1.165, 1.54) is 19.1 Å². The van der Waals surface area contributed by atoms with Gasteiger partial charge in [-0.25, -0.2) is 0 Å². The number of hydrogen-bond donors (Lipinski definition) is 1. The van der Waals surface area contributed by atoms with Crippen molar-refractivity contribution in [2.24, 2.45) is 29.1 Å². The molecule has 162 valence electrons. The van der Waals surface area contributed by atoms with Crippen LogP contribution in [-0.4, -0.2) is 30.9 Å². The van der Waals surface area contributed by atoms with Gasteiger partial charge in [0, 0.05) is 0 Å². The number of aliphatic hydroxyl groups excluding tert-OH is 1. The van der Waals surface area contributed by atoms with Crippen LogP contribution < -0.4 is 0 Å². The van der Waals surface area contributed by atoms with Crippen molar-refractivity contribution in [3.05, 3.63) is 48.0 Å². The topological polar surface area (TPSA) is 55.8 Å². The van der Waals surface area contributed by atoms with Crippen LogP contribution in [0.15, 0.2) is 42.5 Å². The number of carbonyl (C=O) groups excluding carboxylic acids is 1. The fraction of sp³-hybridized carbons (Fsp3) is 0.640. The highest BCUT2D eigenvalue weighted by molar-refractivity contribution is 5.70. The first kappa shape index (κ1) is 23.6. The summed E-state index contributed by atoms with van der Waals surface area (Å²) in [6, 6.07) is 10.3. The second kappa shape index (κ2) is 10.9. The molecule has 1 fully saturated rings. The van der Waals surface area contributed by atoms with E-state index in [4.69, 9.17) is 4.74 Å². The minimum atomic E-state index is -0.816. The van der Waals surface area contributed by atoms with Crippen LogP contribution in [0.25, 0.3) is 0 Å². The Bertz CT molecular complexity index is 650. The van der Waals surface area contributed by atoms with Crippen LogP contribution in [0.1, 0.15) is 52.5 Å². The minimum absolute atomic E-state index is 0.0110. The molecule has 4 atom stereocenters. The Morgan fingerprint density at radius 1 is 1.28 bits per heavy atom. The average molecular weight is 403 g/mol. The number of aliphatic hydroxyl groups is 1. The monoisotopic (exact) mass is 402 g/mol. The molecule has 1 saturated carbocycles. The standard InChI is InChI=1S/C25H38O4/c1-18(2)21-13-14-25(3,4)23(12-11-20(26)15-24(27)28-5)22(21)17-29-16-19-9-7-6-8-10-19/h6-12,18,20-23,26H,13-17H2,1-5H3/b12-11+/t20-,21+,22+,23-/m1/s1. The van der Waals surface area contributed by atoms with E-state index in [9.17, 15) is 9.90 Å². The van der Waals surface area contributed by atoms with Crippen LogP contribution in [0.5, 0.6) is 0 Å². The number of ether oxygens (including phenoxy) is 2. The van der Waals surface area contributed by atoms with Crippen molar-refractivity contribution in [2.75, 3.05) is 13.7 Å². The molecule has 0 amide bonds. The molecule has 4 nitrogen and oxygen atoms in total. The molecule has 2 rings (SSSR count). The molecule has 0 aromatic heterocycles. The molecule has 0 unspecified atom stereocenters. The van der Waals surface area contributed by atoms with E-state index in [0.29, 0.717) is 31.0 Å². The number of allylic oxidation sites excluding steroid dienone is 1. The summed E-state index contributed by atoms with van der Waals surface area (Å²) in [6.07, 6.45) is 5.41. The van der Waals surface area contributed by atoms with Gasteiger partial charge in [-0.15, -0.1) is 0 Å². The second-order valence-electron chi connectivity index (χ2n) is 9.36. The van der Waals surface area contributed by atoms with Gasteiger partial charge < -0.3 is 14.6 Å². The van der Waals surface area contributed by atoms with Gasteiger partial charge in [-0.1, -0.05) is 70.2 Å². The summed E-state index contributed by atoms with van der Waals surface area (Å²) in [5.41, 5.74) is 1.30. The molecule has 0 radical (unpaired) electrons. The van der Waals surface area contributed by atoms with Gasteiger partial charge in [0.25, 0.3) is 0 Å². The molecule has 4 heteroatoms. The number of carbonyl (C=O) groups is 1. The molecule has 0 spiro atoms. The first-order valence-corrected chi connectivity index (χ1v) is 10.8. The lowest BCUT2D eigenvalue weighted by Crippen LogP contribution is -2.43. The smallest absolute Gasteiger partial charge is 0.308 e. The summed E-state index contributed by atoms with van der Waals surface area (Å²) in [5, 5.41) is 10.2. The van der Waals surface area contributed by atoms with Gasteiger partial charge in [0.1, 0.15) is 0 Å². The second-order valence-corrected chi connectivity index (χ2v) is 9.36. The maximum atomic E-state index is 11.4. The zero-order valence-electron chi connectivity index (χ0n) is 18.6. The van der Waals surface area contributed by atoms with Crippen LogP contribution >= 0.6 is 0 Å². The molecule has 0 heterocycles. The molecule has 1 aromatic carbocycles. The maximum absolute atomic E-state index is 11.4. The molecule has 1 N–H and O–H groups in total. The van der Waals surface area contributed by atoms with Crippen molar-refractivity contribution >= 4 is 5.97 Å². The fourth-order valence-corrected chi connectivity index (χ4v) is 4.68. The van der Waals surface area contributed by atoms with Crippen molar-refractivity contribution in [2.45, 2.75) is 59.7 Å². The minimum Gasteiger partial charge on any atom is -0.469 e. The van der Waals surface area contributed by atoms with E-state index in [1.54, 1.807) is 6.08 Å². The van der Waals surface area contributed by atoms with Crippen molar-refractivity contribution in [1.29, 1.82) is 0 Å². The third kappa shape index (κ3) is 6.97. The Hall–Kier alpha value is -1.65. The van der Waals surface area contributed by atoms with Crippen molar-refractivity contribution < 1.29 is 19.4 Å². The predicted octanol–water partition coefficient (Wildman–Crippen LogP) is 5.01. The first-order chi connectivity index (χ1) is 13.7. The zero-order valence-corrected chi connectivity index (χ0v) is 18.6. The summed E-state index contributed by atoms with van der Waals surface area (Å²) < 4.78 is 10.8. The van der Waals surface area contributed by atoms with Gasteiger partial charge >= 0.3 is 5.97 Å². The molecule has 29 heavy (non-hydrogen) atoms. The lowest BCUT2D eigenvalue weighted by molar-refractivity contribution is -0.142. The van der Waals surface area contributed by atoms with Crippen molar-refractivity contribution in [3.8, 4) is 0 Å². The van der Waals surface area contributed by atoms with Crippen LogP contribution in [0, 0.1) is 29.1 Å². The highest BCUT2D eigenvalue weighted by Crippen LogP contribution is 2.49. The largest absolute Gasteiger partial charge is 0.469 e. The number of methoxy groups -OCH3 is 1. The van der Waals surface area contributed by atoms with Gasteiger partial charge in [0.2, 0.25) is 0 Å². The third-order valence-electron chi connectivity index (χ3n) is 6.46. The Labute approximate surface area is 176 Å². The number of hydrogen-bond acceptors (Lipinski definition) is 4. The molecular formula is C25H38O4. The summed E-state index contributed by atoms with van der Waals surface area (Å²) in [4.78, 5) is 11.4. The van der Waals surface area contributed by atoms with Crippen LogP contribution in [0.2, 0.25) is 0 Å². The number of esters is 1. The Balaban J connectivity index is 2.13. The Morgan fingerprint density at radius 2 is 1.97 bits per heavy atom. The van der Waals surface area contributed by atoms with Crippen LogP contribution in [-0.2, 0) is 20.9 Å². The fourth-order valence-electron chi connectivity index (χ4n) is 4.68. The van der Waals surface area contributed by atoms with E-state index in [2.05, 4.69) is 50.6 Å². The molecule has 1 aliphatic rings. The van der Waals surface area contributed by atoms with Crippen LogP contribution in [0.3, 0.4) is 0 Å². The van der Waals surface area contributed by atoms with Crippen molar-refractivity contribution in [1.82, 2.24) is 0 Å². The highest BCUT2D eigenvalue weighted by Gasteiger charge is 2.43. The Kier molecular flexibility index (Phi) is 8.91. The van der Waals surface area contributed by atoms with E-state index in [0.717, 1.165) is 6.42 Å². The van der Waals surface area contributed by atoms with E-state index in [1.807, 2.05) is 18.2 Å². The Morgan fingerprint density at radius 3 is 2.59 bits per heavy atom. The lowest BCUT2D eigenvalue weighted by Gasteiger charge is -2.48. The normalized spacial score (nSPS) is 25.3. The molecule has 0 saturated heterocycles.